The summed E-state index contributed by atoms with van der Waals surface area (Å²) < 4.78 is 12.9. The molecule has 1 heterocycles. The van der Waals surface area contributed by atoms with Crippen molar-refractivity contribution in [3.8, 4) is 0 Å². The zero-order valence-corrected chi connectivity index (χ0v) is 13.0. The van der Waals surface area contributed by atoms with Gasteiger partial charge in [0.25, 0.3) is 5.91 Å². The summed E-state index contributed by atoms with van der Waals surface area (Å²) in [7, 11) is 0. The first kappa shape index (κ1) is 16.5. The summed E-state index contributed by atoms with van der Waals surface area (Å²) in [6.45, 7) is 3.86. The predicted octanol–water partition coefficient (Wildman–Crippen LogP) is 2.59. The molecule has 5 heteroatoms. The second-order valence-electron chi connectivity index (χ2n) is 5.74. The van der Waals surface area contributed by atoms with Gasteiger partial charge in [-0.25, -0.2) is 4.39 Å². The second kappa shape index (κ2) is 7.92. The lowest BCUT2D eigenvalue weighted by atomic mass is 9.96. The zero-order chi connectivity index (χ0) is 15.9. The molecule has 1 atom stereocenters. The first-order valence-electron chi connectivity index (χ1n) is 7.94. The van der Waals surface area contributed by atoms with Crippen molar-refractivity contribution in [1.29, 1.82) is 0 Å². The molecule has 0 aromatic heterocycles. The molecule has 0 aliphatic carbocycles. The fraction of sp³-hybridized carbons (Fsp3) is 0.529. The van der Waals surface area contributed by atoms with Gasteiger partial charge in [-0.3, -0.25) is 9.59 Å². The molecule has 2 amide bonds. The number of likely N-dealkylation sites (tertiary alicyclic amines) is 1. The average molecular weight is 306 g/mol. The molecule has 22 heavy (non-hydrogen) atoms. The third-order valence-corrected chi connectivity index (χ3v) is 4.00. The van der Waals surface area contributed by atoms with Gasteiger partial charge >= 0.3 is 0 Å². The van der Waals surface area contributed by atoms with E-state index in [2.05, 4.69) is 12.2 Å². The van der Waals surface area contributed by atoms with Gasteiger partial charge < -0.3 is 10.2 Å². The molecule has 1 aliphatic rings. The third-order valence-electron chi connectivity index (χ3n) is 4.00. The number of carbonyl (C=O) groups excluding carboxylic acids is 2. The van der Waals surface area contributed by atoms with E-state index in [1.54, 1.807) is 4.90 Å². The lowest BCUT2D eigenvalue weighted by molar-refractivity contribution is -0.126. The Morgan fingerprint density at radius 1 is 1.32 bits per heavy atom. The number of piperidine rings is 1. The molecule has 1 aliphatic heterocycles. The number of nitrogens with one attached hydrogen (secondary N) is 1. The molecule has 4 nitrogen and oxygen atoms in total. The molecular formula is C17H23FN2O2. The molecule has 1 unspecified atom stereocenters. The van der Waals surface area contributed by atoms with Crippen molar-refractivity contribution in [3.05, 3.63) is 35.6 Å². The van der Waals surface area contributed by atoms with E-state index in [0.717, 1.165) is 25.7 Å². The Balaban J connectivity index is 1.93. The van der Waals surface area contributed by atoms with Crippen molar-refractivity contribution in [1.82, 2.24) is 10.2 Å². The van der Waals surface area contributed by atoms with Gasteiger partial charge in [-0.05, 0) is 43.5 Å². The van der Waals surface area contributed by atoms with Gasteiger partial charge in [0.15, 0.2) is 0 Å². The van der Waals surface area contributed by atoms with Crippen LogP contribution in [0, 0.1) is 11.7 Å². The van der Waals surface area contributed by atoms with Crippen LogP contribution < -0.4 is 5.32 Å². The second-order valence-corrected chi connectivity index (χ2v) is 5.74. The molecule has 1 N–H and O–H groups in total. The monoisotopic (exact) mass is 306 g/mol. The molecule has 0 bridgehead atoms. The Kier molecular flexibility index (Phi) is 5.92. The van der Waals surface area contributed by atoms with Crippen LogP contribution in [0.4, 0.5) is 4.39 Å². The van der Waals surface area contributed by atoms with Crippen molar-refractivity contribution >= 4 is 11.8 Å². The summed E-state index contributed by atoms with van der Waals surface area (Å²) in [5, 5.41) is 2.93. The van der Waals surface area contributed by atoms with Crippen LogP contribution in [0.1, 0.15) is 43.0 Å². The van der Waals surface area contributed by atoms with Crippen LogP contribution in [0.2, 0.25) is 0 Å². The average Bonchev–Trinajstić information content (AvgIpc) is 2.55. The van der Waals surface area contributed by atoms with Gasteiger partial charge in [0, 0.05) is 25.2 Å². The smallest absolute Gasteiger partial charge is 0.253 e. The van der Waals surface area contributed by atoms with E-state index in [1.165, 1.54) is 24.3 Å². The molecule has 1 aromatic rings. The SMILES string of the molecule is CCCCNC(=O)C1CCCN(C(=O)c2ccc(F)cc2)C1. The lowest BCUT2D eigenvalue weighted by Crippen LogP contribution is -2.45. The van der Waals surface area contributed by atoms with E-state index >= 15 is 0 Å². The Labute approximate surface area is 130 Å². The first-order valence-corrected chi connectivity index (χ1v) is 7.94. The third kappa shape index (κ3) is 4.29. The minimum atomic E-state index is -0.358. The van der Waals surface area contributed by atoms with Crippen molar-refractivity contribution in [2.45, 2.75) is 32.6 Å². The van der Waals surface area contributed by atoms with Gasteiger partial charge in [0.05, 0.1) is 5.92 Å². The van der Waals surface area contributed by atoms with Gasteiger partial charge in [0.2, 0.25) is 5.91 Å². The zero-order valence-electron chi connectivity index (χ0n) is 13.0. The summed E-state index contributed by atoms with van der Waals surface area (Å²) in [6.07, 6.45) is 3.64. The predicted molar refractivity (Wildman–Crippen MR) is 82.9 cm³/mol. The summed E-state index contributed by atoms with van der Waals surface area (Å²) in [5.41, 5.74) is 0.466. The van der Waals surface area contributed by atoms with E-state index in [-0.39, 0.29) is 23.5 Å². The Hall–Kier alpha value is -1.91. The van der Waals surface area contributed by atoms with Crippen molar-refractivity contribution in [2.75, 3.05) is 19.6 Å². The maximum atomic E-state index is 12.9. The highest BCUT2D eigenvalue weighted by Gasteiger charge is 2.28. The van der Waals surface area contributed by atoms with E-state index in [9.17, 15) is 14.0 Å². The summed E-state index contributed by atoms with van der Waals surface area (Å²) >= 11 is 0. The van der Waals surface area contributed by atoms with Crippen LogP contribution in [-0.2, 0) is 4.79 Å². The van der Waals surface area contributed by atoms with Crippen LogP contribution in [0.5, 0.6) is 0 Å². The largest absolute Gasteiger partial charge is 0.356 e. The van der Waals surface area contributed by atoms with E-state index in [4.69, 9.17) is 0 Å². The fourth-order valence-electron chi connectivity index (χ4n) is 2.68. The van der Waals surface area contributed by atoms with E-state index < -0.39 is 0 Å². The van der Waals surface area contributed by atoms with Crippen LogP contribution in [0.15, 0.2) is 24.3 Å². The standard InChI is InChI=1S/C17H23FN2O2/c1-2-3-10-19-16(21)14-5-4-11-20(12-14)17(22)13-6-8-15(18)9-7-13/h6-9,14H,2-5,10-12H2,1H3,(H,19,21). The molecule has 0 spiro atoms. The lowest BCUT2D eigenvalue weighted by Gasteiger charge is -2.32. The number of hydrogen-bond acceptors (Lipinski definition) is 2. The quantitative estimate of drug-likeness (QED) is 0.850. The topological polar surface area (TPSA) is 49.4 Å². The molecular weight excluding hydrogens is 283 g/mol. The number of nitrogens with zero attached hydrogens (tertiary/aromatic N) is 1. The minimum Gasteiger partial charge on any atom is -0.356 e. The van der Waals surface area contributed by atoms with Crippen molar-refractivity contribution in [3.63, 3.8) is 0 Å². The van der Waals surface area contributed by atoms with Crippen LogP contribution >= 0.6 is 0 Å². The van der Waals surface area contributed by atoms with E-state index in [0.29, 0.717) is 25.2 Å². The number of unbranched alkanes of at least 4 members (excludes halogenated alkanes) is 1. The number of benzene rings is 1. The Morgan fingerprint density at radius 2 is 2.05 bits per heavy atom. The Bertz CT molecular complexity index is 516. The molecule has 1 fully saturated rings. The minimum absolute atomic E-state index is 0.0325. The summed E-state index contributed by atoms with van der Waals surface area (Å²) in [5.74, 6) is -0.602. The molecule has 2 rings (SSSR count). The highest BCUT2D eigenvalue weighted by molar-refractivity contribution is 5.94. The first-order chi connectivity index (χ1) is 10.6. The number of halogens is 1. The molecule has 0 radical (unpaired) electrons. The highest BCUT2D eigenvalue weighted by Crippen LogP contribution is 2.19. The molecule has 120 valence electrons. The van der Waals surface area contributed by atoms with Crippen LogP contribution in [0.3, 0.4) is 0 Å². The van der Waals surface area contributed by atoms with Gasteiger partial charge in [-0.15, -0.1) is 0 Å². The van der Waals surface area contributed by atoms with E-state index in [1.807, 2.05) is 0 Å². The number of carbonyl (C=O) groups is 2. The molecule has 1 saturated heterocycles. The van der Waals surface area contributed by atoms with Crippen molar-refractivity contribution in [2.24, 2.45) is 5.92 Å². The highest BCUT2D eigenvalue weighted by atomic mass is 19.1. The van der Waals surface area contributed by atoms with Gasteiger partial charge in [0.1, 0.15) is 5.82 Å². The summed E-state index contributed by atoms with van der Waals surface area (Å²) in [6, 6.07) is 5.55. The van der Waals surface area contributed by atoms with Crippen LogP contribution in [0.25, 0.3) is 0 Å². The normalized spacial score (nSPS) is 18.1. The van der Waals surface area contributed by atoms with Crippen molar-refractivity contribution < 1.29 is 14.0 Å². The number of amides is 2. The van der Waals surface area contributed by atoms with Crippen LogP contribution in [-0.4, -0.2) is 36.3 Å². The number of hydrogen-bond donors (Lipinski definition) is 1. The Morgan fingerprint density at radius 3 is 2.73 bits per heavy atom. The van der Waals surface area contributed by atoms with Gasteiger partial charge in [-0.2, -0.15) is 0 Å². The van der Waals surface area contributed by atoms with Gasteiger partial charge in [-0.1, -0.05) is 13.3 Å². The molecule has 0 saturated carbocycles. The molecule has 1 aromatic carbocycles. The fourth-order valence-corrected chi connectivity index (χ4v) is 2.68. The summed E-state index contributed by atoms with van der Waals surface area (Å²) in [4.78, 5) is 26.2. The number of rotatable bonds is 5. The maximum Gasteiger partial charge on any atom is 0.253 e. The maximum absolute atomic E-state index is 12.9.